The maximum atomic E-state index is 13.6. The van der Waals surface area contributed by atoms with Crippen molar-refractivity contribution in [3.63, 3.8) is 0 Å². The largest absolute Gasteiger partial charge is 0.439 e. The van der Waals surface area contributed by atoms with Gasteiger partial charge in [-0.05, 0) is 73.6 Å². The molecule has 5 rings (SSSR count). The number of amides is 2. The number of carbonyl (C=O) groups excluding carboxylic acids is 2. The van der Waals surface area contributed by atoms with Crippen molar-refractivity contribution < 1.29 is 14.3 Å². The minimum Gasteiger partial charge on any atom is -0.439 e. The molecule has 2 aliphatic heterocycles. The summed E-state index contributed by atoms with van der Waals surface area (Å²) in [6.45, 7) is 4.11. The summed E-state index contributed by atoms with van der Waals surface area (Å²) in [7, 11) is 0. The molecular weight excluding hydrogens is 438 g/mol. The van der Waals surface area contributed by atoms with Gasteiger partial charge in [-0.3, -0.25) is 9.59 Å². The lowest BCUT2D eigenvalue weighted by molar-refractivity contribution is -0.128. The zero-order valence-electron chi connectivity index (χ0n) is 20.2. The Morgan fingerprint density at radius 2 is 1.91 bits per heavy atom. The minimum absolute atomic E-state index is 0.0133. The Bertz CT molecular complexity index is 1210. The maximum Gasteiger partial charge on any atom is 0.254 e. The number of rotatable bonds is 6. The number of aromatic nitrogens is 1. The predicted octanol–water partition coefficient (Wildman–Crippen LogP) is 5.67. The van der Waals surface area contributed by atoms with Crippen molar-refractivity contribution in [2.45, 2.75) is 51.6 Å². The van der Waals surface area contributed by atoms with Crippen LogP contribution in [0.4, 0.5) is 0 Å². The van der Waals surface area contributed by atoms with Crippen LogP contribution in [0.15, 0.2) is 66.9 Å². The predicted molar refractivity (Wildman–Crippen MR) is 134 cm³/mol. The molecule has 1 atom stereocenters. The number of hydrogen-bond acceptors (Lipinski definition) is 4. The van der Waals surface area contributed by atoms with Gasteiger partial charge in [0.2, 0.25) is 11.8 Å². The lowest BCUT2D eigenvalue weighted by atomic mass is 9.95. The van der Waals surface area contributed by atoms with Gasteiger partial charge in [0.25, 0.3) is 5.91 Å². The van der Waals surface area contributed by atoms with E-state index in [0.29, 0.717) is 24.4 Å². The first-order valence-corrected chi connectivity index (χ1v) is 12.4. The number of pyridine rings is 1. The molecule has 2 aliphatic rings. The van der Waals surface area contributed by atoms with Gasteiger partial charge in [0.15, 0.2) is 0 Å². The van der Waals surface area contributed by atoms with E-state index < -0.39 is 0 Å². The van der Waals surface area contributed by atoms with E-state index >= 15 is 0 Å². The SMILES string of the molecule is Cc1cccc(Oc2ccc([C@@H]3CCCCN3C(=O)c3cccc(CN4CCCC4=O)c3)cn2)c1. The first-order valence-electron chi connectivity index (χ1n) is 12.4. The molecular formula is C29H31N3O3. The topological polar surface area (TPSA) is 62.7 Å². The summed E-state index contributed by atoms with van der Waals surface area (Å²) in [4.78, 5) is 34.0. The Hall–Kier alpha value is -3.67. The lowest BCUT2D eigenvalue weighted by Gasteiger charge is -2.36. The van der Waals surface area contributed by atoms with E-state index in [-0.39, 0.29) is 17.9 Å². The smallest absolute Gasteiger partial charge is 0.254 e. The molecule has 0 aliphatic carbocycles. The zero-order chi connectivity index (χ0) is 24.2. The number of aryl methyl sites for hydroxylation is 1. The van der Waals surface area contributed by atoms with E-state index in [9.17, 15) is 9.59 Å². The first kappa shape index (κ1) is 23.1. The maximum absolute atomic E-state index is 13.6. The molecule has 2 fully saturated rings. The fraction of sp³-hybridized carbons (Fsp3) is 0.345. The van der Waals surface area contributed by atoms with Gasteiger partial charge in [-0.25, -0.2) is 4.98 Å². The van der Waals surface area contributed by atoms with Gasteiger partial charge in [-0.15, -0.1) is 0 Å². The fourth-order valence-electron chi connectivity index (χ4n) is 5.03. The molecule has 0 spiro atoms. The van der Waals surface area contributed by atoms with Crippen molar-refractivity contribution in [1.82, 2.24) is 14.8 Å². The second kappa shape index (κ2) is 10.3. The Labute approximate surface area is 206 Å². The Kier molecular flexibility index (Phi) is 6.80. The number of carbonyl (C=O) groups is 2. The molecule has 6 heteroatoms. The van der Waals surface area contributed by atoms with Gasteiger partial charge in [-0.1, -0.05) is 30.3 Å². The molecule has 6 nitrogen and oxygen atoms in total. The monoisotopic (exact) mass is 469 g/mol. The van der Waals surface area contributed by atoms with Crippen molar-refractivity contribution in [3.8, 4) is 11.6 Å². The second-order valence-corrected chi connectivity index (χ2v) is 9.48. The van der Waals surface area contributed by atoms with E-state index in [0.717, 1.165) is 61.2 Å². The van der Waals surface area contributed by atoms with Crippen molar-refractivity contribution in [2.75, 3.05) is 13.1 Å². The van der Waals surface area contributed by atoms with Crippen LogP contribution >= 0.6 is 0 Å². The molecule has 0 bridgehead atoms. The molecule has 35 heavy (non-hydrogen) atoms. The number of hydrogen-bond donors (Lipinski definition) is 0. The van der Waals surface area contributed by atoms with Crippen molar-refractivity contribution in [1.29, 1.82) is 0 Å². The van der Waals surface area contributed by atoms with E-state index in [4.69, 9.17) is 4.74 Å². The highest BCUT2D eigenvalue weighted by Gasteiger charge is 2.29. The summed E-state index contributed by atoms with van der Waals surface area (Å²) in [5.41, 5.74) is 3.83. The number of piperidine rings is 1. The van der Waals surface area contributed by atoms with Crippen LogP contribution in [0.3, 0.4) is 0 Å². The third-order valence-corrected chi connectivity index (χ3v) is 6.84. The molecule has 0 N–H and O–H groups in total. The molecule has 2 amide bonds. The van der Waals surface area contributed by atoms with Crippen LogP contribution in [-0.4, -0.2) is 39.7 Å². The number of nitrogens with zero attached hydrogens (tertiary/aromatic N) is 3. The zero-order valence-corrected chi connectivity index (χ0v) is 20.2. The summed E-state index contributed by atoms with van der Waals surface area (Å²) in [5, 5.41) is 0. The summed E-state index contributed by atoms with van der Waals surface area (Å²) in [5.74, 6) is 1.52. The quantitative estimate of drug-likeness (QED) is 0.467. The first-order chi connectivity index (χ1) is 17.1. The van der Waals surface area contributed by atoms with Gasteiger partial charge < -0.3 is 14.5 Å². The van der Waals surface area contributed by atoms with Crippen molar-refractivity contribution >= 4 is 11.8 Å². The molecule has 3 aromatic rings. The Balaban J connectivity index is 1.31. The number of likely N-dealkylation sites (tertiary alicyclic amines) is 2. The van der Waals surface area contributed by atoms with Gasteiger partial charge in [0.05, 0.1) is 6.04 Å². The highest BCUT2D eigenvalue weighted by Crippen LogP contribution is 2.33. The van der Waals surface area contributed by atoms with Crippen LogP contribution in [0.2, 0.25) is 0 Å². The highest BCUT2D eigenvalue weighted by molar-refractivity contribution is 5.94. The van der Waals surface area contributed by atoms with Gasteiger partial charge in [-0.2, -0.15) is 0 Å². The summed E-state index contributed by atoms with van der Waals surface area (Å²) >= 11 is 0. The minimum atomic E-state index is -0.0133. The average Bonchev–Trinajstić information content (AvgIpc) is 3.28. The fourth-order valence-corrected chi connectivity index (χ4v) is 5.03. The van der Waals surface area contributed by atoms with Crippen molar-refractivity contribution in [2.24, 2.45) is 0 Å². The molecule has 2 saturated heterocycles. The molecule has 2 aromatic carbocycles. The van der Waals surface area contributed by atoms with Gasteiger partial charge in [0.1, 0.15) is 5.75 Å². The average molecular weight is 470 g/mol. The molecule has 0 unspecified atom stereocenters. The van der Waals surface area contributed by atoms with Crippen molar-refractivity contribution in [3.05, 3.63) is 89.1 Å². The normalized spacial score (nSPS) is 18.1. The van der Waals surface area contributed by atoms with Crippen LogP contribution in [-0.2, 0) is 11.3 Å². The van der Waals surface area contributed by atoms with Crippen LogP contribution in [0, 0.1) is 6.92 Å². The molecule has 0 radical (unpaired) electrons. The Morgan fingerprint density at radius 1 is 1.03 bits per heavy atom. The molecule has 0 saturated carbocycles. The standard InChI is InChI=1S/C29H31N3O3/c1-21-7-4-10-25(17-21)35-27-14-13-24(19-30-27)26-11-2-3-16-32(26)29(34)23-9-5-8-22(18-23)20-31-15-6-12-28(31)33/h4-5,7-10,13-14,17-19,26H,2-3,6,11-12,15-16,20H2,1H3/t26-/m0/s1. The highest BCUT2D eigenvalue weighted by atomic mass is 16.5. The summed E-state index contributed by atoms with van der Waals surface area (Å²) in [6, 6.07) is 19.5. The van der Waals surface area contributed by atoms with Gasteiger partial charge in [0, 0.05) is 43.9 Å². The summed E-state index contributed by atoms with van der Waals surface area (Å²) < 4.78 is 5.90. The molecule has 1 aromatic heterocycles. The molecule has 3 heterocycles. The van der Waals surface area contributed by atoms with E-state index in [1.807, 2.05) is 83.6 Å². The van der Waals surface area contributed by atoms with E-state index in [2.05, 4.69) is 4.98 Å². The Morgan fingerprint density at radius 3 is 2.69 bits per heavy atom. The lowest BCUT2D eigenvalue weighted by Crippen LogP contribution is -2.38. The second-order valence-electron chi connectivity index (χ2n) is 9.48. The number of benzene rings is 2. The molecule has 180 valence electrons. The van der Waals surface area contributed by atoms with E-state index in [1.54, 1.807) is 0 Å². The van der Waals surface area contributed by atoms with Crippen LogP contribution in [0.25, 0.3) is 0 Å². The number of ether oxygens (including phenoxy) is 1. The summed E-state index contributed by atoms with van der Waals surface area (Å²) in [6.07, 6.45) is 6.34. The van der Waals surface area contributed by atoms with Crippen LogP contribution < -0.4 is 4.74 Å². The van der Waals surface area contributed by atoms with Crippen LogP contribution in [0.1, 0.15) is 65.2 Å². The van der Waals surface area contributed by atoms with Crippen LogP contribution in [0.5, 0.6) is 11.6 Å². The third kappa shape index (κ3) is 5.37. The third-order valence-electron chi connectivity index (χ3n) is 6.84. The van der Waals surface area contributed by atoms with Gasteiger partial charge >= 0.3 is 0 Å². The van der Waals surface area contributed by atoms with E-state index in [1.165, 1.54) is 0 Å².